The lowest BCUT2D eigenvalue weighted by molar-refractivity contribution is -0.122. The van der Waals surface area contributed by atoms with Crippen LogP contribution in [0.4, 0.5) is 11.4 Å². The van der Waals surface area contributed by atoms with Crippen LogP contribution in [0.25, 0.3) is 10.2 Å². The molecule has 2 heterocycles. The van der Waals surface area contributed by atoms with Gasteiger partial charge in [-0.15, -0.1) is 11.3 Å². The van der Waals surface area contributed by atoms with Gasteiger partial charge in [-0.1, -0.05) is 12.1 Å². The van der Waals surface area contributed by atoms with E-state index in [9.17, 15) is 9.59 Å². The molecule has 1 fully saturated rings. The average molecular weight is 409 g/mol. The molecule has 29 heavy (non-hydrogen) atoms. The molecule has 150 valence electrons. The molecule has 2 amide bonds. The molecule has 4 rings (SSSR count). The number of nitrogens with one attached hydrogen (secondary N) is 1. The number of nitrogens with zero attached hydrogens (tertiary/aromatic N) is 2. The van der Waals surface area contributed by atoms with E-state index in [0.29, 0.717) is 12.8 Å². The summed E-state index contributed by atoms with van der Waals surface area (Å²) < 4.78 is 1.15. The van der Waals surface area contributed by atoms with Gasteiger partial charge in [-0.25, -0.2) is 4.98 Å². The van der Waals surface area contributed by atoms with E-state index >= 15 is 0 Å². The molecule has 0 radical (unpaired) electrons. The van der Waals surface area contributed by atoms with Gasteiger partial charge in [0.25, 0.3) is 0 Å². The van der Waals surface area contributed by atoms with Crippen molar-refractivity contribution in [3.63, 3.8) is 0 Å². The number of nitrogens with two attached hydrogens (primary N) is 1. The molecule has 0 aliphatic carbocycles. The number of carbonyl (C=O) groups excluding carboxylic acids is 2. The number of fused-ring (bicyclic) bond motifs is 1. The zero-order valence-corrected chi connectivity index (χ0v) is 17.0. The van der Waals surface area contributed by atoms with Crippen molar-refractivity contribution in [3.8, 4) is 0 Å². The van der Waals surface area contributed by atoms with E-state index < -0.39 is 0 Å². The van der Waals surface area contributed by atoms with Crippen molar-refractivity contribution in [1.82, 2.24) is 4.98 Å². The molecule has 3 N–H and O–H groups in total. The Kier molecular flexibility index (Phi) is 5.76. The Morgan fingerprint density at radius 1 is 1.10 bits per heavy atom. The molecule has 0 bridgehead atoms. The number of hydrogen-bond donors (Lipinski definition) is 2. The first-order valence-corrected chi connectivity index (χ1v) is 10.7. The summed E-state index contributed by atoms with van der Waals surface area (Å²) in [5, 5.41) is 3.94. The highest BCUT2D eigenvalue weighted by molar-refractivity contribution is 7.18. The van der Waals surface area contributed by atoms with Gasteiger partial charge in [-0.3, -0.25) is 9.59 Å². The third-order valence-electron chi connectivity index (χ3n) is 5.32. The highest BCUT2D eigenvalue weighted by Gasteiger charge is 2.23. The summed E-state index contributed by atoms with van der Waals surface area (Å²) in [5.41, 5.74) is 8.27. The molecule has 1 aliphatic rings. The molecule has 1 aliphatic heterocycles. The van der Waals surface area contributed by atoms with Gasteiger partial charge in [0.2, 0.25) is 11.8 Å². The van der Waals surface area contributed by atoms with Crippen molar-refractivity contribution < 1.29 is 9.59 Å². The van der Waals surface area contributed by atoms with Gasteiger partial charge < -0.3 is 16.0 Å². The van der Waals surface area contributed by atoms with Crippen LogP contribution >= 0.6 is 11.3 Å². The number of para-hydroxylation sites is 1. The van der Waals surface area contributed by atoms with Crippen molar-refractivity contribution in [2.45, 2.75) is 25.7 Å². The highest BCUT2D eigenvalue weighted by Crippen LogP contribution is 2.25. The molecule has 0 atom stereocenters. The molecule has 1 saturated heterocycles. The van der Waals surface area contributed by atoms with Gasteiger partial charge in [0.15, 0.2) is 0 Å². The maximum Gasteiger partial charge on any atom is 0.224 e. The maximum absolute atomic E-state index is 12.3. The molecule has 0 spiro atoms. The van der Waals surface area contributed by atoms with Crippen LogP contribution in [0.15, 0.2) is 48.5 Å². The van der Waals surface area contributed by atoms with Crippen LogP contribution in [-0.4, -0.2) is 29.9 Å². The minimum Gasteiger partial charge on any atom is -0.371 e. The van der Waals surface area contributed by atoms with E-state index in [1.54, 1.807) is 11.3 Å². The minimum absolute atomic E-state index is 0.0137. The zero-order chi connectivity index (χ0) is 20.2. The van der Waals surface area contributed by atoms with Crippen molar-refractivity contribution in [3.05, 3.63) is 53.5 Å². The minimum atomic E-state index is -0.200. The number of hydrogen-bond acceptors (Lipinski definition) is 5. The topological polar surface area (TPSA) is 88.3 Å². The Morgan fingerprint density at radius 2 is 1.83 bits per heavy atom. The van der Waals surface area contributed by atoms with Gasteiger partial charge in [-0.2, -0.15) is 0 Å². The Morgan fingerprint density at radius 3 is 2.52 bits per heavy atom. The predicted molar refractivity (Wildman–Crippen MR) is 117 cm³/mol. The van der Waals surface area contributed by atoms with Crippen LogP contribution in [-0.2, 0) is 16.0 Å². The standard InChI is InChI=1S/C22H24N4O2S/c23-22(28)15-11-13-26(14-12-15)17-7-5-16(6-8-17)24-20(27)9-10-21-25-18-3-1-2-4-19(18)29-21/h1-8,15H,9-14H2,(H2,23,28)(H,24,27). The van der Waals surface area contributed by atoms with Crippen LogP contribution in [0.5, 0.6) is 0 Å². The van der Waals surface area contributed by atoms with Crippen molar-refractivity contribution >= 4 is 44.7 Å². The largest absolute Gasteiger partial charge is 0.371 e. The summed E-state index contributed by atoms with van der Waals surface area (Å²) in [5.74, 6) is -0.229. The van der Waals surface area contributed by atoms with Gasteiger partial charge in [0.1, 0.15) is 0 Å². The van der Waals surface area contributed by atoms with Crippen LogP contribution in [0.3, 0.4) is 0 Å². The predicted octanol–water partition coefficient (Wildman–Crippen LogP) is 3.57. The third-order valence-corrected chi connectivity index (χ3v) is 6.41. The monoisotopic (exact) mass is 408 g/mol. The van der Waals surface area contributed by atoms with E-state index in [0.717, 1.165) is 52.5 Å². The second kappa shape index (κ2) is 8.61. The molecular weight excluding hydrogens is 384 g/mol. The number of aryl methyl sites for hydroxylation is 1. The molecule has 7 heteroatoms. The SMILES string of the molecule is NC(=O)C1CCN(c2ccc(NC(=O)CCc3nc4ccccc4s3)cc2)CC1. The molecule has 2 aromatic carbocycles. The number of rotatable bonds is 6. The fourth-order valence-electron chi connectivity index (χ4n) is 3.65. The van der Waals surface area contributed by atoms with Crippen molar-refractivity contribution in [1.29, 1.82) is 0 Å². The van der Waals surface area contributed by atoms with Crippen molar-refractivity contribution in [2.75, 3.05) is 23.3 Å². The second-order valence-corrected chi connectivity index (χ2v) is 8.45. The average Bonchev–Trinajstić information content (AvgIpc) is 3.16. The van der Waals surface area contributed by atoms with Gasteiger partial charge in [0, 0.05) is 43.2 Å². The number of benzene rings is 2. The summed E-state index contributed by atoms with van der Waals surface area (Å²) >= 11 is 1.64. The quantitative estimate of drug-likeness (QED) is 0.653. The zero-order valence-electron chi connectivity index (χ0n) is 16.1. The Hall–Kier alpha value is -2.93. The first kappa shape index (κ1) is 19.4. The number of piperidine rings is 1. The normalized spacial score (nSPS) is 14.8. The Balaban J connectivity index is 1.28. The van der Waals surface area contributed by atoms with Crippen LogP contribution < -0.4 is 16.0 Å². The Labute approximate surface area is 173 Å². The molecular formula is C22H24N4O2S. The molecule has 6 nitrogen and oxygen atoms in total. The second-order valence-electron chi connectivity index (χ2n) is 7.33. The number of amides is 2. The number of anilines is 2. The van der Waals surface area contributed by atoms with Crippen molar-refractivity contribution in [2.24, 2.45) is 11.7 Å². The summed E-state index contributed by atoms with van der Waals surface area (Å²) in [7, 11) is 0. The van der Waals surface area contributed by atoms with Gasteiger partial charge >= 0.3 is 0 Å². The number of primary amides is 1. The smallest absolute Gasteiger partial charge is 0.224 e. The first-order chi connectivity index (χ1) is 14.1. The fourth-order valence-corrected chi connectivity index (χ4v) is 4.62. The molecule has 0 saturated carbocycles. The lowest BCUT2D eigenvalue weighted by atomic mass is 9.96. The van der Waals surface area contributed by atoms with Crippen LogP contribution in [0.1, 0.15) is 24.3 Å². The maximum atomic E-state index is 12.3. The summed E-state index contributed by atoms with van der Waals surface area (Å²) in [6, 6.07) is 15.9. The van der Waals surface area contributed by atoms with Crippen LogP contribution in [0.2, 0.25) is 0 Å². The number of aromatic nitrogens is 1. The Bertz CT molecular complexity index is 974. The van der Waals surface area contributed by atoms with E-state index in [4.69, 9.17) is 5.73 Å². The molecule has 1 aromatic heterocycles. The summed E-state index contributed by atoms with van der Waals surface area (Å²) in [6.07, 6.45) is 2.62. The van der Waals surface area contributed by atoms with Gasteiger partial charge in [-0.05, 0) is 49.2 Å². The molecule has 3 aromatic rings. The van der Waals surface area contributed by atoms with E-state index in [2.05, 4.69) is 21.3 Å². The van der Waals surface area contributed by atoms with Crippen LogP contribution in [0, 0.1) is 5.92 Å². The van der Waals surface area contributed by atoms with E-state index in [1.807, 2.05) is 42.5 Å². The van der Waals surface area contributed by atoms with Gasteiger partial charge in [0.05, 0.1) is 15.2 Å². The third kappa shape index (κ3) is 4.74. The molecule has 0 unspecified atom stereocenters. The summed E-state index contributed by atoms with van der Waals surface area (Å²) in [4.78, 5) is 30.4. The van der Waals surface area contributed by atoms with E-state index in [-0.39, 0.29) is 17.7 Å². The lowest BCUT2D eigenvalue weighted by Crippen LogP contribution is -2.38. The fraction of sp³-hybridized carbons (Fsp3) is 0.318. The number of thiazole rings is 1. The highest BCUT2D eigenvalue weighted by atomic mass is 32.1. The van der Waals surface area contributed by atoms with E-state index in [1.165, 1.54) is 0 Å². The number of carbonyl (C=O) groups is 2. The lowest BCUT2D eigenvalue weighted by Gasteiger charge is -2.32. The summed E-state index contributed by atoms with van der Waals surface area (Å²) in [6.45, 7) is 1.64. The first-order valence-electron chi connectivity index (χ1n) is 9.87.